The first-order chi connectivity index (χ1) is 7.36. The Balaban J connectivity index is 1.94. The van der Waals surface area contributed by atoms with E-state index in [9.17, 15) is 0 Å². The molecule has 0 saturated carbocycles. The molecule has 0 aromatic heterocycles. The fourth-order valence-corrected chi connectivity index (χ4v) is 2.10. The standard InChI is InChI=1S/C12H26N2O/c1-3-7-13-8-4-9-14-10-5-12(15-2)6-11-14/h12-13H,3-11H2,1-2H3. The molecule has 0 aromatic rings. The maximum Gasteiger partial charge on any atom is 0.0595 e. The summed E-state index contributed by atoms with van der Waals surface area (Å²) in [5.41, 5.74) is 0. The smallest absolute Gasteiger partial charge is 0.0595 e. The molecular weight excluding hydrogens is 188 g/mol. The second-order valence-corrected chi connectivity index (χ2v) is 4.38. The van der Waals surface area contributed by atoms with E-state index in [1.54, 1.807) is 0 Å². The number of nitrogens with zero attached hydrogens (tertiary/aromatic N) is 1. The molecule has 1 N–H and O–H groups in total. The Hall–Kier alpha value is -0.120. The molecule has 1 heterocycles. The molecule has 0 aliphatic carbocycles. The number of nitrogens with one attached hydrogen (secondary N) is 1. The average molecular weight is 214 g/mol. The van der Waals surface area contributed by atoms with Gasteiger partial charge in [0.15, 0.2) is 0 Å². The second-order valence-electron chi connectivity index (χ2n) is 4.38. The Kier molecular flexibility index (Phi) is 6.98. The molecule has 15 heavy (non-hydrogen) atoms. The van der Waals surface area contributed by atoms with Crippen molar-refractivity contribution in [3.8, 4) is 0 Å². The first-order valence-electron chi connectivity index (χ1n) is 6.32. The summed E-state index contributed by atoms with van der Waals surface area (Å²) in [5, 5.41) is 3.44. The fraction of sp³-hybridized carbons (Fsp3) is 1.00. The number of hydrogen-bond acceptors (Lipinski definition) is 3. The van der Waals surface area contributed by atoms with Crippen LogP contribution in [0.25, 0.3) is 0 Å². The Morgan fingerprint density at radius 2 is 2.00 bits per heavy atom. The molecule has 0 atom stereocenters. The number of methoxy groups -OCH3 is 1. The molecule has 0 amide bonds. The summed E-state index contributed by atoms with van der Waals surface area (Å²) in [7, 11) is 1.83. The van der Waals surface area contributed by atoms with Gasteiger partial charge in [-0.3, -0.25) is 0 Å². The van der Waals surface area contributed by atoms with Crippen LogP contribution in [0, 0.1) is 0 Å². The molecule has 0 radical (unpaired) electrons. The lowest BCUT2D eigenvalue weighted by Crippen LogP contribution is -2.38. The van der Waals surface area contributed by atoms with Crippen LogP contribution < -0.4 is 5.32 Å². The van der Waals surface area contributed by atoms with Crippen LogP contribution >= 0.6 is 0 Å². The van der Waals surface area contributed by atoms with Gasteiger partial charge < -0.3 is 15.0 Å². The number of piperidine rings is 1. The minimum absolute atomic E-state index is 0.513. The van der Waals surface area contributed by atoms with Gasteiger partial charge in [-0.15, -0.1) is 0 Å². The van der Waals surface area contributed by atoms with Crippen LogP contribution in [0.4, 0.5) is 0 Å². The van der Waals surface area contributed by atoms with E-state index >= 15 is 0 Å². The van der Waals surface area contributed by atoms with Gasteiger partial charge >= 0.3 is 0 Å². The van der Waals surface area contributed by atoms with Crippen LogP contribution in [0.1, 0.15) is 32.6 Å². The van der Waals surface area contributed by atoms with Gasteiger partial charge in [-0.05, 0) is 45.3 Å². The zero-order chi connectivity index (χ0) is 10.9. The van der Waals surface area contributed by atoms with Crippen LogP contribution in [0.2, 0.25) is 0 Å². The summed E-state index contributed by atoms with van der Waals surface area (Å²) < 4.78 is 5.36. The van der Waals surface area contributed by atoms with E-state index in [1.807, 2.05) is 7.11 Å². The molecule has 0 aromatic carbocycles. The van der Waals surface area contributed by atoms with E-state index in [0.717, 1.165) is 13.1 Å². The van der Waals surface area contributed by atoms with Gasteiger partial charge in [-0.1, -0.05) is 6.92 Å². The highest BCUT2D eigenvalue weighted by Gasteiger charge is 2.17. The van der Waals surface area contributed by atoms with E-state index in [1.165, 1.54) is 45.3 Å². The Morgan fingerprint density at radius 3 is 2.60 bits per heavy atom. The second kappa shape index (κ2) is 8.08. The number of ether oxygens (including phenoxy) is 1. The molecule has 1 aliphatic rings. The molecule has 0 bridgehead atoms. The fourth-order valence-electron chi connectivity index (χ4n) is 2.10. The summed E-state index contributed by atoms with van der Waals surface area (Å²) in [5.74, 6) is 0. The predicted octanol–water partition coefficient (Wildman–Crippen LogP) is 1.49. The summed E-state index contributed by atoms with van der Waals surface area (Å²) in [4.78, 5) is 2.56. The summed E-state index contributed by atoms with van der Waals surface area (Å²) in [6.45, 7) is 8.21. The lowest BCUT2D eigenvalue weighted by Gasteiger charge is -2.31. The first-order valence-corrected chi connectivity index (χ1v) is 6.32. The molecule has 1 fully saturated rings. The topological polar surface area (TPSA) is 24.5 Å². The third-order valence-electron chi connectivity index (χ3n) is 3.12. The Labute approximate surface area is 94.2 Å². The first kappa shape index (κ1) is 12.9. The lowest BCUT2D eigenvalue weighted by atomic mass is 10.1. The van der Waals surface area contributed by atoms with Crippen LogP contribution in [0.15, 0.2) is 0 Å². The molecule has 1 aliphatic heterocycles. The Bertz CT molecular complexity index is 145. The molecule has 0 spiro atoms. The minimum atomic E-state index is 0.513. The van der Waals surface area contributed by atoms with E-state index < -0.39 is 0 Å². The molecule has 3 nitrogen and oxygen atoms in total. The van der Waals surface area contributed by atoms with E-state index in [0.29, 0.717) is 6.10 Å². The highest BCUT2D eigenvalue weighted by atomic mass is 16.5. The van der Waals surface area contributed by atoms with Gasteiger partial charge in [0.1, 0.15) is 0 Å². The molecule has 90 valence electrons. The van der Waals surface area contributed by atoms with Crippen molar-refractivity contribution in [2.45, 2.75) is 38.7 Å². The minimum Gasteiger partial charge on any atom is -0.381 e. The monoisotopic (exact) mass is 214 g/mol. The van der Waals surface area contributed by atoms with Crippen LogP contribution in [0.5, 0.6) is 0 Å². The zero-order valence-electron chi connectivity index (χ0n) is 10.3. The quantitative estimate of drug-likeness (QED) is 0.650. The van der Waals surface area contributed by atoms with Gasteiger partial charge in [-0.2, -0.15) is 0 Å². The van der Waals surface area contributed by atoms with Crippen LogP contribution in [0.3, 0.4) is 0 Å². The molecule has 0 unspecified atom stereocenters. The highest BCUT2D eigenvalue weighted by molar-refractivity contribution is 4.72. The van der Waals surface area contributed by atoms with Crippen molar-refractivity contribution >= 4 is 0 Å². The van der Waals surface area contributed by atoms with Crippen molar-refractivity contribution < 1.29 is 4.74 Å². The van der Waals surface area contributed by atoms with Crippen molar-refractivity contribution in [3.63, 3.8) is 0 Å². The van der Waals surface area contributed by atoms with Gasteiger partial charge in [0.25, 0.3) is 0 Å². The highest BCUT2D eigenvalue weighted by Crippen LogP contribution is 2.12. The van der Waals surface area contributed by atoms with E-state index in [-0.39, 0.29) is 0 Å². The SMILES string of the molecule is CCCNCCCN1CCC(OC)CC1. The maximum atomic E-state index is 5.36. The summed E-state index contributed by atoms with van der Waals surface area (Å²) in [6, 6.07) is 0. The number of rotatable bonds is 7. The van der Waals surface area contributed by atoms with Crippen molar-refractivity contribution in [1.82, 2.24) is 10.2 Å². The van der Waals surface area contributed by atoms with Crippen LogP contribution in [-0.4, -0.2) is 50.8 Å². The maximum absolute atomic E-state index is 5.36. The molecule has 1 saturated heterocycles. The third-order valence-corrected chi connectivity index (χ3v) is 3.12. The van der Waals surface area contributed by atoms with Gasteiger partial charge in [0.2, 0.25) is 0 Å². The predicted molar refractivity (Wildman–Crippen MR) is 64.2 cm³/mol. The normalized spacial score (nSPS) is 19.6. The molecular formula is C12H26N2O. The lowest BCUT2D eigenvalue weighted by molar-refractivity contribution is 0.0409. The van der Waals surface area contributed by atoms with Crippen molar-refractivity contribution in [1.29, 1.82) is 0 Å². The summed E-state index contributed by atoms with van der Waals surface area (Å²) >= 11 is 0. The Morgan fingerprint density at radius 1 is 1.27 bits per heavy atom. The third kappa shape index (κ3) is 5.50. The molecule has 1 rings (SSSR count). The van der Waals surface area contributed by atoms with Gasteiger partial charge in [0.05, 0.1) is 6.10 Å². The number of hydrogen-bond donors (Lipinski definition) is 1. The van der Waals surface area contributed by atoms with Crippen molar-refractivity contribution in [3.05, 3.63) is 0 Å². The summed E-state index contributed by atoms with van der Waals surface area (Å²) in [6.07, 6.45) is 5.44. The number of likely N-dealkylation sites (tertiary alicyclic amines) is 1. The van der Waals surface area contributed by atoms with Crippen molar-refractivity contribution in [2.24, 2.45) is 0 Å². The van der Waals surface area contributed by atoms with Crippen LogP contribution in [-0.2, 0) is 4.74 Å². The molecule has 3 heteroatoms. The van der Waals surface area contributed by atoms with Gasteiger partial charge in [0, 0.05) is 20.2 Å². The van der Waals surface area contributed by atoms with E-state index in [2.05, 4.69) is 17.1 Å². The average Bonchev–Trinajstić information content (AvgIpc) is 2.30. The van der Waals surface area contributed by atoms with E-state index in [4.69, 9.17) is 4.74 Å². The van der Waals surface area contributed by atoms with Crippen molar-refractivity contribution in [2.75, 3.05) is 39.8 Å². The van der Waals surface area contributed by atoms with Gasteiger partial charge in [-0.25, -0.2) is 0 Å². The zero-order valence-corrected chi connectivity index (χ0v) is 10.3. The largest absolute Gasteiger partial charge is 0.381 e.